The van der Waals surface area contributed by atoms with Crippen molar-refractivity contribution in [1.29, 1.82) is 0 Å². The molecule has 3 atom stereocenters. The molecule has 0 aliphatic carbocycles. The fourth-order valence-electron chi connectivity index (χ4n) is 3.24. The monoisotopic (exact) mass is 251 g/mol. The zero-order valence-electron chi connectivity index (χ0n) is 11.4. The molecule has 1 aromatic rings. The number of piperidine rings is 1. The summed E-state index contributed by atoms with van der Waals surface area (Å²) in [6.07, 6.45) is 3.65. The van der Waals surface area contributed by atoms with Gasteiger partial charge in [-0.15, -0.1) is 0 Å². The Labute approximate surface area is 108 Å². The van der Waals surface area contributed by atoms with E-state index in [0.29, 0.717) is 12.1 Å². The third-order valence-corrected chi connectivity index (χ3v) is 4.15. The van der Waals surface area contributed by atoms with E-state index in [1.165, 1.54) is 31.4 Å². The van der Waals surface area contributed by atoms with E-state index in [0.717, 1.165) is 5.56 Å². The second kappa shape index (κ2) is 5.27. The van der Waals surface area contributed by atoms with Gasteiger partial charge >= 0.3 is 0 Å². The Hall–Kier alpha value is -1.09. The third-order valence-electron chi connectivity index (χ3n) is 4.15. The molecule has 0 spiro atoms. The summed E-state index contributed by atoms with van der Waals surface area (Å²) in [7, 11) is 0. The van der Waals surface area contributed by atoms with Crippen LogP contribution in [0.3, 0.4) is 0 Å². The van der Waals surface area contributed by atoms with E-state index in [1.807, 2.05) is 0 Å². The van der Waals surface area contributed by atoms with Gasteiger partial charge in [-0.1, -0.05) is 12.5 Å². The first-order valence-electron chi connectivity index (χ1n) is 6.76. The molecule has 2 nitrogen and oxygen atoms in total. The Morgan fingerprint density at radius 3 is 2.44 bits per heavy atom. The highest BCUT2D eigenvalue weighted by molar-refractivity contribution is 5.35. The Morgan fingerprint density at radius 1 is 1.28 bits per heavy atom. The second-order valence-electron chi connectivity index (χ2n) is 5.46. The fourth-order valence-corrected chi connectivity index (χ4v) is 3.24. The summed E-state index contributed by atoms with van der Waals surface area (Å²) in [5.74, 6) is -0.323. The Bertz CT molecular complexity index is 411. The van der Waals surface area contributed by atoms with Crippen LogP contribution in [0.1, 0.15) is 51.6 Å². The van der Waals surface area contributed by atoms with Crippen LogP contribution in [0.25, 0.3) is 0 Å². The maximum Gasteiger partial charge on any atom is 0.126 e. The van der Waals surface area contributed by atoms with Gasteiger partial charge in [0.25, 0.3) is 0 Å². The van der Waals surface area contributed by atoms with Crippen molar-refractivity contribution in [3.8, 4) is 5.75 Å². The van der Waals surface area contributed by atoms with Gasteiger partial charge in [0.15, 0.2) is 0 Å². The number of halogens is 1. The SMILES string of the molecule is CC(c1ccc(F)cc1O)N1[C@H](C)CCC[C@@H]1C. The molecule has 1 saturated heterocycles. The zero-order chi connectivity index (χ0) is 13.3. The molecule has 1 aliphatic rings. The molecule has 0 bridgehead atoms. The molecule has 1 heterocycles. The fraction of sp³-hybridized carbons (Fsp3) is 0.600. The van der Waals surface area contributed by atoms with Crippen LogP contribution in [0.2, 0.25) is 0 Å². The lowest BCUT2D eigenvalue weighted by Gasteiger charge is -2.43. The van der Waals surface area contributed by atoms with Gasteiger partial charge in [0.05, 0.1) is 0 Å². The summed E-state index contributed by atoms with van der Waals surface area (Å²) in [4.78, 5) is 2.43. The van der Waals surface area contributed by atoms with Gasteiger partial charge in [-0.05, 0) is 39.7 Å². The van der Waals surface area contributed by atoms with Crippen LogP contribution in [0, 0.1) is 5.82 Å². The van der Waals surface area contributed by atoms with Crippen molar-refractivity contribution >= 4 is 0 Å². The number of hydrogen-bond donors (Lipinski definition) is 1. The number of hydrogen-bond acceptors (Lipinski definition) is 2. The van der Waals surface area contributed by atoms with Crippen LogP contribution in [0.4, 0.5) is 4.39 Å². The van der Waals surface area contributed by atoms with E-state index in [9.17, 15) is 9.50 Å². The standard InChI is InChI=1S/C15H22FNO/c1-10-5-4-6-11(2)17(10)12(3)14-8-7-13(16)9-15(14)18/h7-12,18H,4-6H2,1-3H3/t10-,11+,12?. The summed E-state index contributed by atoms with van der Waals surface area (Å²) in [5.41, 5.74) is 0.817. The minimum atomic E-state index is -0.386. The average molecular weight is 251 g/mol. The van der Waals surface area contributed by atoms with Crippen molar-refractivity contribution in [2.24, 2.45) is 0 Å². The summed E-state index contributed by atoms with van der Waals surface area (Å²) in [6, 6.07) is 5.46. The first-order chi connectivity index (χ1) is 8.50. The molecule has 100 valence electrons. The van der Waals surface area contributed by atoms with E-state index in [1.54, 1.807) is 6.07 Å². The summed E-state index contributed by atoms with van der Waals surface area (Å²) in [6.45, 7) is 6.55. The lowest BCUT2D eigenvalue weighted by atomic mass is 9.93. The predicted molar refractivity (Wildman–Crippen MR) is 71.1 cm³/mol. The third kappa shape index (κ3) is 2.51. The molecule has 0 amide bonds. The largest absolute Gasteiger partial charge is 0.508 e. The van der Waals surface area contributed by atoms with Crippen LogP contribution in [0.15, 0.2) is 18.2 Å². The van der Waals surface area contributed by atoms with Gasteiger partial charge in [0.1, 0.15) is 11.6 Å². The lowest BCUT2D eigenvalue weighted by molar-refractivity contribution is 0.0612. The molecule has 1 N–H and O–H groups in total. The first kappa shape index (κ1) is 13.3. The first-order valence-corrected chi connectivity index (χ1v) is 6.76. The molecular weight excluding hydrogens is 229 g/mol. The zero-order valence-corrected chi connectivity index (χ0v) is 11.4. The molecule has 0 radical (unpaired) electrons. The van der Waals surface area contributed by atoms with Crippen LogP contribution in [-0.2, 0) is 0 Å². The number of benzene rings is 1. The predicted octanol–water partition coefficient (Wildman–Crippen LogP) is 3.86. The van der Waals surface area contributed by atoms with Crippen LogP contribution in [0.5, 0.6) is 5.75 Å². The number of aromatic hydroxyl groups is 1. The van der Waals surface area contributed by atoms with E-state index in [-0.39, 0.29) is 17.6 Å². The minimum Gasteiger partial charge on any atom is -0.508 e. The van der Waals surface area contributed by atoms with Crippen LogP contribution < -0.4 is 0 Å². The van der Waals surface area contributed by atoms with E-state index >= 15 is 0 Å². The van der Waals surface area contributed by atoms with Gasteiger partial charge in [-0.25, -0.2) is 4.39 Å². The Kier molecular flexibility index (Phi) is 3.91. The van der Waals surface area contributed by atoms with Crippen molar-refractivity contribution in [2.75, 3.05) is 0 Å². The number of rotatable bonds is 2. The Balaban J connectivity index is 2.26. The second-order valence-corrected chi connectivity index (χ2v) is 5.46. The molecular formula is C15H22FNO. The molecule has 1 unspecified atom stereocenters. The highest BCUT2D eigenvalue weighted by Gasteiger charge is 2.30. The van der Waals surface area contributed by atoms with E-state index < -0.39 is 0 Å². The molecule has 2 rings (SSSR count). The van der Waals surface area contributed by atoms with Crippen molar-refractivity contribution in [3.63, 3.8) is 0 Å². The molecule has 1 aliphatic heterocycles. The van der Waals surface area contributed by atoms with Crippen molar-refractivity contribution in [2.45, 2.75) is 58.2 Å². The summed E-state index contributed by atoms with van der Waals surface area (Å²) in [5, 5.41) is 9.90. The molecule has 18 heavy (non-hydrogen) atoms. The molecule has 0 aromatic heterocycles. The summed E-state index contributed by atoms with van der Waals surface area (Å²) < 4.78 is 13.0. The van der Waals surface area contributed by atoms with Gasteiger partial charge in [-0.2, -0.15) is 0 Å². The van der Waals surface area contributed by atoms with Crippen LogP contribution in [-0.4, -0.2) is 22.1 Å². The highest BCUT2D eigenvalue weighted by atomic mass is 19.1. The highest BCUT2D eigenvalue weighted by Crippen LogP contribution is 2.35. The van der Waals surface area contributed by atoms with Gasteiger partial charge in [0.2, 0.25) is 0 Å². The molecule has 1 fully saturated rings. The van der Waals surface area contributed by atoms with Crippen molar-refractivity contribution in [3.05, 3.63) is 29.6 Å². The van der Waals surface area contributed by atoms with Gasteiger partial charge in [-0.3, -0.25) is 4.90 Å². The quantitative estimate of drug-likeness (QED) is 0.863. The maximum atomic E-state index is 13.0. The van der Waals surface area contributed by atoms with E-state index in [2.05, 4.69) is 25.7 Å². The normalized spacial score (nSPS) is 27.1. The van der Waals surface area contributed by atoms with E-state index in [4.69, 9.17) is 0 Å². The van der Waals surface area contributed by atoms with Gasteiger partial charge in [0, 0.05) is 29.8 Å². The smallest absolute Gasteiger partial charge is 0.126 e. The minimum absolute atomic E-state index is 0.0625. The number of nitrogens with zero attached hydrogens (tertiary/aromatic N) is 1. The molecule has 0 saturated carbocycles. The van der Waals surface area contributed by atoms with Crippen molar-refractivity contribution in [1.82, 2.24) is 4.90 Å². The lowest BCUT2D eigenvalue weighted by Crippen LogP contribution is -2.45. The van der Waals surface area contributed by atoms with Crippen LogP contribution >= 0.6 is 0 Å². The van der Waals surface area contributed by atoms with Crippen molar-refractivity contribution < 1.29 is 9.50 Å². The Morgan fingerprint density at radius 2 is 1.89 bits per heavy atom. The molecule has 3 heteroatoms. The molecule has 1 aromatic carbocycles. The number of phenols is 1. The van der Waals surface area contributed by atoms with Gasteiger partial charge < -0.3 is 5.11 Å². The summed E-state index contributed by atoms with van der Waals surface area (Å²) >= 11 is 0. The topological polar surface area (TPSA) is 23.5 Å². The number of phenolic OH excluding ortho intramolecular Hbond substituents is 1. The maximum absolute atomic E-state index is 13.0. The number of likely N-dealkylation sites (tertiary alicyclic amines) is 1. The average Bonchev–Trinajstić information content (AvgIpc) is 2.28.